The van der Waals surface area contributed by atoms with Crippen LogP contribution in [0, 0.1) is 0 Å². The van der Waals surface area contributed by atoms with Crippen LogP contribution in [0.5, 0.6) is 0 Å². The molecule has 1 aromatic carbocycles. The van der Waals surface area contributed by atoms with E-state index in [0.29, 0.717) is 26.2 Å². The minimum absolute atomic E-state index is 0.0832. The number of rotatable bonds is 7. The fourth-order valence-electron chi connectivity index (χ4n) is 3.16. The normalized spacial score (nSPS) is 16.6. The molecule has 6 nitrogen and oxygen atoms in total. The van der Waals surface area contributed by atoms with E-state index >= 15 is 0 Å². The van der Waals surface area contributed by atoms with E-state index in [2.05, 4.69) is 17.6 Å². The van der Waals surface area contributed by atoms with Crippen LogP contribution in [0.4, 0.5) is 0 Å². The van der Waals surface area contributed by atoms with E-state index in [1.165, 1.54) is 4.90 Å². The Morgan fingerprint density at radius 3 is 2.38 bits per heavy atom. The summed E-state index contributed by atoms with van der Waals surface area (Å²) in [5.74, 6) is 0.247. The molecular formula is C19H31ClN4O2+2. The highest BCUT2D eigenvalue weighted by molar-refractivity contribution is 6.30. The maximum Gasteiger partial charge on any atom is 0.278 e. The van der Waals surface area contributed by atoms with Crippen molar-refractivity contribution in [1.82, 2.24) is 10.2 Å². The third-order valence-electron chi connectivity index (χ3n) is 4.73. The molecule has 1 atom stereocenters. The van der Waals surface area contributed by atoms with Gasteiger partial charge in [0.1, 0.15) is 6.04 Å². The lowest BCUT2D eigenvalue weighted by atomic mass is 10.1. The molecule has 1 aliphatic rings. The molecule has 0 spiro atoms. The summed E-state index contributed by atoms with van der Waals surface area (Å²) < 4.78 is 0. The second kappa shape index (κ2) is 9.90. The number of benzene rings is 1. The first kappa shape index (κ1) is 20.7. The fourth-order valence-corrected chi connectivity index (χ4v) is 3.28. The van der Waals surface area contributed by atoms with Crippen LogP contribution in [0.25, 0.3) is 0 Å². The second-order valence-corrected chi connectivity index (χ2v) is 7.75. The Kier molecular flexibility index (Phi) is 7.87. The Hall–Kier alpha value is -1.63. The van der Waals surface area contributed by atoms with Gasteiger partial charge in [0, 0.05) is 16.6 Å². The Labute approximate surface area is 160 Å². The Bertz CT molecular complexity index is 598. The lowest BCUT2D eigenvalue weighted by Gasteiger charge is -2.31. The van der Waals surface area contributed by atoms with Gasteiger partial charge in [-0.15, -0.1) is 0 Å². The first-order valence-electron chi connectivity index (χ1n) is 9.34. The van der Waals surface area contributed by atoms with Gasteiger partial charge in [0.05, 0.1) is 26.2 Å². The van der Waals surface area contributed by atoms with E-state index in [-0.39, 0.29) is 23.9 Å². The number of carbonyl (C=O) groups excluding carboxylic acids is 2. The van der Waals surface area contributed by atoms with Crippen molar-refractivity contribution in [3.05, 3.63) is 34.9 Å². The molecule has 1 fully saturated rings. The molecule has 144 valence electrons. The molecule has 0 aromatic heterocycles. The van der Waals surface area contributed by atoms with Crippen LogP contribution in [-0.2, 0) is 9.59 Å². The van der Waals surface area contributed by atoms with Gasteiger partial charge in [-0.1, -0.05) is 23.7 Å². The maximum absolute atomic E-state index is 12.4. The minimum Gasteiger partial charge on any atom is -0.349 e. The van der Waals surface area contributed by atoms with Crippen molar-refractivity contribution in [1.29, 1.82) is 0 Å². The number of carbonyl (C=O) groups is 2. The fraction of sp³-hybridized carbons (Fsp3) is 0.579. The highest BCUT2D eigenvalue weighted by Gasteiger charge is 2.26. The highest BCUT2D eigenvalue weighted by atomic mass is 35.5. The Morgan fingerprint density at radius 1 is 1.19 bits per heavy atom. The molecule has 1 aromatic rings. The van der Waals surface area contributed by atoms with Crippen molar-refractivity contribution in [2.45, 2.75) is 32.9 Å². The molecule has 0 saturated carbocycles. The van der Waals surface area contributed by atoms with E-state index in [0.717, 1.165) is 23.7 Å². The monoisotopic (exact) mass is 382 g/mol. The first-order valence-corrected chi connectivity index (χ1v) is 9.72. The van der Waals surface area contributed by atoms with E-state index < -0.39 is 0 Å². The molecule has 4 N–H and O–H groups in total. The van der Waals surface area contributed by atoms with E-state index in [1.807, 2.05) is 43.0 Å². The van der Waals surface area contributed by atoms with Crippen LogP contribution in [0.1, 0.15) is 32.4 Å². The molecule has 0 aliphatic carbocycles. The molecule has 2 amide bonds. The summed E-state index contributed by atoms with van der Waals surface area (Å²) in [7, 11) is 0. The molecule has 2 rings (SSSR count). The smallest absolute Gasteiger partial charge is 0.278 e. The summed E-state index contributed by atoms with van der Waals surface area (Å²) >= 11 is 5.92. The molecule has 0 bridgehead atoms. The van der Waals surface area contributed by atoms with Crippen LogP contribution < -0.4 is 15.5 Å². The van der Waals surface area contributed by atoms with Gasteiger partial charge in [-0.2, -0.15) is 0 Å². The minimum atomic E-state index is 0.0832. The summed E-state index contributed by atoms with van der Waals surface area (Å²) in [6.45, 7) is 10.0. The van der Waals surface area contributed by atoms with Crippen LogP contribution >= 0.6 is 11.6 Å². The third-order valence-corrected chi connectivity index (χ3v) is 4.98. The summed E-state index contributed by atoms with van der Waals surface area (Å²) in [5, 5.41) is 5.70. The quantitative estimate of drug-likeness (QED) is 0.579. The number of nitrogens with two attached hydrogens (primary N) is 1. The summed E-state index contributed by atoms with van der Waals surface area (Å²) in [5.41, 5.74) is 1.16. The number of quaternary nitrogens is 2. The molecule has 1 heterocycles. The van der Waals surface area contributed by atoms with Crippen molar-refractivity contribution >= 4 is 23.4 Å². The topological polar surface area (TPSA) is 70.5 Å². The van der Waals surface area contributed by atoms with Gasteiger partial charge in [0.2, 0.25) is 0 Å². The number of nitrogens with one attached hydrogen (secondary N) is 2. The molecule has 1 aliphatic heterocycles. The largest absolute Gasteiger partial charge is 0.349 e. The van der Waals surface area contributed by atoms with Gasteiger partial charge in [-0.05, 0) is 32.9 Å². The zero-order chi connectivity index (χ0) is 19.1. The maximum atomic E-state index is 12.4. The van der Waals surface area contributed by atoms with Crippen LogP contribution in [0.15, 0.2) is 24.3 Å². The predicted molar refractivity (Wildman–Crippen MR) is 102 cm³/mol. The molecule has 1 saturated heterocycles. The van der Waals surface area contributed by atoms with Gasteiger partial charge in [0.25, 0.3) is 11.8 Å². The van der Waals surface area contributed by atoms with Gasteiger partial charge in [-0.3, -0.25) is 9.59 Å². The molecule has 26 heavy (non-hydrogen) atoms. The SMILES string of the molecule is CC(C)NC(=O)C[NH+]1CCN(C(=O)C[NH2+][C@@H](C)c2ccc(Cl)cc2)CC1. The van der Waals surface area contributed by atoms with E-state index in [4.69, 9.17) is 11.6 Å². The molecular weight excluding hydrogens is 352 g/mol. The van der Waals surface area contributed by atoms with Gasteiger partial charge in [0.15, 0.2) is 13.1 Å². The summed E-state index contributed by atoms with van der Waals surface area (Å²) in [6, 6.07) is 8.13. The average molecular weight is 383 g/mol. The van der Waals surface area contributed by atoms with E-state index in [1.54, 1.807) is 0 Å². The second-order valence-electron chi connectivity index (χ2n) is 7.31. The van der Waals surface area contributed by atoms with Crippen molar-refractivity contribution in [3.8, 4) is 0 Å². The van der Waals surface area contributed by atoms with Crippen molar-refractivity contribution in [2.75, 3.05) is 39.3 Å². The van der Waals surface area contributed by atoms with Gasteiger partial charge >= 0.3 is 0 Å². The zero-order valence-electron chi connectivity index (χ0n) is 15.9. The standard InChI is InChI=1S/C19H29ClN4O2/c1-14(2)22-18(25)13-23-8-10-24(11-9-23)19(26)12-21-15(3)16-4-6-17(20)7-5-16/h4-7,14-15,21H,8-13H2,1-3H3,(H,22,25)/p+2/t15-/m0/s1. The third kappa shape index (κ3) is 6.59. The lowest BCUT2D eigenvalue weighted by Crippen LogP contribution is -3.16. The van der Waals surface area contributed by atoms with Crippen LogP contribution in [0.2, 0.25) is 5.02 Å². The number of hydrogen-bond donors (Lipinski definition) is 3. The molecule has 0 unspecified atom stereocenters. The van der Waals surface area contributed by atoms with Crippen LogP contribution in [-0.4, -0.2) is 62.0 Å². The first-order chi connectivity index (χ1) is 12.3. The Balaban J connectivity index is 1.71. The van der Waals surface area contributed by atoms with Gasteiger partial charge < -0.3 is 20.4 Å². The predicted octanol–water partition coefficient (Wildman–Crippen LogP) is -0.784. The number of hydrogen-bond acceptors (Lipinski definition) is 2. The molecule has 7 heteroatoms. The van der Waals surface area contributed by atoms with E-state index in [9.17, 15) is 9.59 Å². The highest BCUT2D eigenvalue weighted by Crippen LogP contribution is 2.13. The van der Waals surface area contributed by atoms with Crippen molar-refractivity contribution < 1.29 is 19.8 Å². The molecule has 0 radical (unpaired) electrons. The van der Waals surface area contributed by atoms with Crippen molar-refractivity contribution in [3.63, 3.8) is 0 Å². The summed E-state index contributed by atoms with van der Waals surface area (Å²) in [6.07, 6.45) is 0. The number of piperazine rings is 1. The van der Waals surface area contributed by atoms with Crippen LogP contribution in [0.3, 0.4) is 0 Å². The van der Waals surface area contributed by atoms with Gasteiger partial charge in [-0.25, -0.2) is 0 Å². The average Bonchev–Trinajstić information content (AvgIpc) is 2.60. The number of halogens is 1. The zero-order valence-corrected chi connectivity index (χ0v) is 16.7. The number of amides is 2. The summed E-state index contributed by atoms with van der Waals surface area (Å²) in [4.78, 5) is 27.4. The lowest BCUT2D eigenvalue weighted by molar-refractivity contribution is -0.896. The number of nitrogens with zero attached hydrogens (tertiary/aromatic N) is 1. The van der Waals surface area contributed by atoms with Crippen molar-refractivity contribution in [2.24, 2.45) is 0 Å². The Morgan fingerprint density at radius 2 is 1.81 bits per heavy atom.